The highest BCUT2D eigenvalue weighted by Gasteiger charge is 2.35. The molecule has 0 aromatic heterocycles. The summed E-state index contributed by atoms with van der Waals surface area (Å²) >= 11 is 0. The van der Waals surface area contributed by atoms with Gasteiger partial charge in [0.2, 0.25) is 0 Å². The van der Waals surface area contributed by atoms with E-state index in [-0.39, 0.29) is 0 Å². The van der Waals surface area contributed by atoms with Crippen LogP contribution < -0.4 is 4.90 Å². The Morgan fingerprint density at radius 1 is 0.800 bits per heavy atom. The second-order valence-corrected chi connectivity index (χ2v) is 6.46. The fourth-order valence-corrected chi connectivity index (χ4v) is 3.83. The summed E-state index contributed by atoms with van der Waals surface area (Å²) in [6, 6.07) is 21.8. The number of anilines is 3. The van der Waals surface area contributed by atoms with E-state index < -0.39 is 11.9 Å². The molecule has 0 bridgehead atoms. The maximum Gasteiger partial charge on any atom is 0.315 e. The molecule has 0 atom stereocenters. The Morgan fingerprint density at radius 3 is 1.76 bits per heavy atom. The van der Waals surface area contributed by atoms with Crippen molar-refractivity contribution in [3.63, 3.8) is 0 Å². The number of carboxylic acid groups (broad SMARTS) is 1. The highest BCUT2D eigenvalue weighted by atomic mass is 16.4. The van der Waals surface area contributed by atoms with E-state index in [4.69, 9.17) is 0 Å². The molecule has 1 heterocycles. The van der Waals surface area contributed by atoms with Crippen molar-refractivity contribution in [2.24, 2.45) is 0 Å². The van der Waals surface area contributed by atoms with Crippen LogP contribution in [-0.2, 0) is 4.79 Å². The first-order chi connectivity index (χ1) is 12.1. The van der Waals surface area contributed by atoms with E-state index in [9.17, 15) is 9.90 Å². The van der Waals surface area contributed by atoms with Gasteiger partial charge < -0.3 is 10.0 Å². The van der Waals surface area contributed by atoms with Gasteiger partial charge in [-0.05, 0) is 48.2 Å². The summed E-state index contributed by atoms with van der Waals surface area (Å²) in [4.78, 5) is 14.2. The van der Waals surface area contributed by atoms with Crippen molar-refractivity contribution < 1.29 is 9.90 Å². The first kappa shape index (κ1) is 15.5. The van der Waals surface area contributed by atoms with Crippen molar-refractivity contribution in [3.8, 4) is 0 Å². The molecular formula is C22H19NO2. The number of carbonyl (C=O) groups is 1. The van der Waals surface area contributed by atoms with Gasteiger partial charge in [-0.3, -0.25) is 4.79 Å². The quantitative estimate of drug-likeness (QED) is 0.693. The Balaban J connectivity index is 2.08. The van der Waals surface area contributed by atoms with Crippen LogP contribution in [0, 0.1) is 13.8 Å². The Kier molecular flexibility index (Phi) is 3.57. The number of benzene rings is 3. The van der Waals surface area contributed by atoms with Gasteiger partial charge in [0.05, 0.1) is 17.1 Å². The Bertz CT molecular complexity index is 910. The van der Waals surface area contributed by atoms with Gasteiger partial charge >= 0.3 is 5.97 Å². The molecule has 124 valence electrons. The average molecular weight is 329 g/mol. The lowest BCUT2D eigenvalue weighted by Crippen LogP contribution is -2.26. The lowest BCUT2D eigenvalue weighted by molar-refractivity contribution is -0.137. The fourth-order valence-electron chi connectivity index (χ4n) is 3.83. The monoisotopic (exact) mass is 329 g/mol. The zero-order valence-corrected chi connectivity index (χ0v) is 14.2. The number of fused-ring (bicyclic) bond motifs is 2. The third-order valence-corrected chi connectivity index (χ3v) is 4.89. The van der Waals surface area contributed by atoms with E-state index >= 15 is 0 Å². The van der Waals surface area contributed by atoms with Gasteiger partial charge in [0.1, 0.15) is 5.92 Å². The van der Waals surface area contributed by atoms with Crippen molar-refractivity contribution in [1.29, 1.82) is 0 Å². The molecule has 0 saturated heterocycles. The van der Waals surface area contributed by atoms with Crippen LogP contribution in [0.15, 0.2) is 66.7 Å². The summed E-state index contributed by atoms with van der Waals surface area (Å²) in [6.07, 6.45) is 0. The van der Waals surface area contributed by atoms with Crippen LogP contribution in [-0.4, -0.2) is 11.1 Å². The minimum Gasteiger partial charge on any atom is -0.481 e. The van der Waals surface area contributed by atoms with Crippen LogP contribution in [0.3, 0.4) is 0 Å². The van der Waals surface area contributed by atoms with E-state index in [1.807, 2.05) is 48.5 Å². The standard InChI is InChI=1S/C22H19NO2/c1-14-8-7-9-15(2)21(14)23-18-12-5-3-10-16(18)20(22(24)25)17-11-4-6-13-19(17)23/h3-13,20H,1-2H3,(H,24,25). The number of aliphatic carboxylic acids is 1. The van der Waals surface area contributed by atoms with Crippen molar-refractivity contribution >= 4 is 23.0 Å². The van der Waals surface area contributed by atoms with Gasteiger partial charge in [-0.2, -0.15) is 0 Å². The molecule has 0 radical (unpaired) electrons. The molecule has 1 N–H and O–H groups in total. The van der Waals surface area contributed by atoms with Gasteiger partial charge in [-0.1, -0.05) is 54.6 Å². The van der Waals surface area contributed by atoms with Crippen molar-refractivity contribution in [1.82, 2.24) is 0 Å². The van der Waals surface area contributed by atoms with Crippen LogP contribution in [0.2, 0.25) is 0 Å². The SMILES string of the molecule is Cc1cccc(C)c1N1c2ccccc2C(C(=O)O)c2ccccc21. The molecule has 0 aliphatic carbocycles. The minimum atomic E-state index is -0.818. The van der Waals surface area contributed by atoms with E-state index in [2.05, 4.69) is 36.9 Å². The van der Waals surface area contributed by atoms with E-state index in [0.29, 0.717) is 0 Å². The fraction of sp³-hybridized carbons (Fsp3) is 0.136. The van der Waals surface area contributed by atoms with E-state index in [1.165, 1.54) is 11.1 Å². The van der Waals surface area contributed by atoms with Gasteiger partial charge in [0.25, 0.3) is 0 Å². The second-order valence-electron chi connectivity index (χ2n) is 6.46. The normalized spacial score (nSPS) is 13.3. The molecule has 3 heteroatoms. The number of para-hydroxylation sites is 3. The maximum atomic E-state index is 12.0. The maximum absolute atomic E-state index is 12.0. The molecule has 3 aromatic carbocycles. The number of aryl methyl sites for hydroxylation is 2. The Morgan fingerprint density at radius 2 is 1.28 bits per heavy atom. The van der Waals surface area contributed by atoms with Crippen molar-refractivity contribution in [2.45, 2.75) is 19.8 Å². The lowest BCUT2D eigenvalue weighted by Gasteiger charge is -2.37. The molecule has 25 heavy (non-hydrogen) atoms. The summed E-state index contributed by atoms with van der Waals surface area (Å²) < 4.78 is 0. The second kappa shape index (κ2) is 5.78. The van der Waals surface area contributed by atoms with Crippen molar-refractivity contribution in [2.75, 3.05) is 4.90 Å². The number of hydrogen-bond donors (Lipinski definition) is 1. The number of hydrogen-bond acceptors (Lipinski definition) is 2. The lowest BCUT2D eigenvalue weighted by atomic mass is 9.84. The van der Waals surface area contributed by atoms with Gasteiger partial charge in [0.15, 0.2) is 0 Å². The molecular weight excluding hydrogens is 310 g/mol. The molecule has 0 spiro atoms. The van der Waals surface area contributed by atoms with Crippen LogP contribution in [0.25, 0.3) is 0 Å². The summed E-state index contributed by atoms with van der Waals surface area (Å²) in [7, 11) is 0. The molecule has 3 nitrogen and oxygen atoms in total. The van der Waals surface area contributed by atoms with Gasteiger partial charge in [-0.25, -0.2) is 0 Å². The van der Waals surface area contributed by atoms with E-state index in [0.717, 1.165) is 28.2 Å². The predicted octanol–water partition coefficient (Wildman–Crippen LogP) is 5.30. The van der Waals surface area contributed by atoms with Gasteiger partial charge in [0, 0.05) is 0 Å². The van der Waals surface area contributed by atoms with Crippen LogP contribution in [0.4, 0.5) is 17.1 Å². The third kappa shape index (κ3) is 2.31. The number of rotatable bonds is 2. The first-order valence-electron chi connectivity index (χ1n) is 8.36. The van der Waals surface area contributed by atoms with Crippen LogP contribution in [0.1, 0.15) is 28.2 Å². The van der Waals surface area contributed by atoms with Gasteiger partial charge in [-0.15, -0.1) is 0 Å². The highest BCUT2D eigenvalue weighted by Crippen LogP contribution is 2.50. The molecule has 1 aliphatic heterocycles. The molecule has 0 saturated carbocycles. The van der Waals surface area contributed by atoms with Crippen molar-refractivity contribution in [3.05, 3.63) is 89.0 Å². The zero-order chi connectivity index (χ0) is 17.6. The van der Waals surface area contributed by atoms with E-state index in [1.54, 1.807) is 0 Å². The summed E-state index contributed by atoms with van der Waals surface area (Å²) in [6.45, 7) is 4.19. The third-order valence-electron chi connectivity index (χ3n) is 4.89. The Hall–Kier alpha value is -3.07. The predicted molar refractivity (Wildman–Crippen MR) is 100 cm³/mol. The molecule has 4 rings (SSSR count). The summed E-state index contributed by atoms with van der Waals surface area (Å²) in [5, 5.41) is 9.88. The topological polar surface area (TPSA) is 40.5 Å². The minimum absolute atomic E-state index is 0.645. The molecule has 0 amide bonds. The molecule has 3 aromatic rings. The molecule has 1 aliphatic rings. The smallest absolute Gasteiger partial charge is 0.315 e. The largest absolute Gasteiger partial charge is 0.481 e. The number of carboxylic acids is 1. The highest BCUT2D eigenvalue weighted by molar-refractivity contribution is 5.94. The van der Waals surface area contributed by atoms with Crippen LogP contribution >= 0.6 is 0 Å². The summed E-state index contributed by atoms with van der Waals surface area (Å²) in [5.41, 5.74) is 6.98. The zero-order valence-electron chi connectivity index (χ0n) is 14.2. The average Bonchev–Trinajstić information content (AvgIpc) is 2.60. The Labute approximate surface area is 147 Å². The van der Waals surface area contributed by atoms with Crippen LogP contribution in [0.5, 0.6) is 0 Å². The molecule has 0 unspecified atom stereocenters. The molecule has 0 fully saturated rings. The first-order valence-corrected chi connectivity index (χ1v) is 8.36. The summed E-state index contributed by atoms with van der Waals surface area (Å²) in [5.74, 6) is -1.46. The number of nitrogens with zero attached hydrogens (tertiary/aromatic N) is 1.